The van der Waals surface area contributed by atoms with E-state index in [-0.39, 0.29) is 11.7 Å². The lowest BCUT2D eigenvalue weighted by atomic mass is 9.85. The normalized spacial score (nSPS) is 13.2. The van der Waals surface area contributed by atoms with Crippen molar-refractivity contribution in [2.24, 2.45) is 5.41 Å². The van der Waals surface area contributed by atoms with Gasteiger partial charge in [-0.15, -0.1) is 0 Å². The molecule has 0 unspecified atom stereocenters. The van der Waals surface area contributed by atoms with Crippen LogP contribution in [0.1, 0.15) is 40.0 Å². The molecule has 0 heterocycles. The number of hydrogen-bond donors (Lipinski definition) is 0. The predicted octanol–water partition coefficient (Wildman–Crippen LogP) is 1.37. The van der Waals surface area contributed by atoms with E-state index < -0.39 is 15.5 Å². The Labute approximate surface area is 128 Å². The van der Waals surface area contributed by atoms with Gasteiger partial charge in [-0.05, 0) is 19.8 Å². The summed E-state index contributed by atoms with van der Waals surface area (Å²) in [7, 11) is -0.311. The summed E-state index contributed by atoms with van der Waals surface area (Å²) < 4.78 is 37.5. The van der Waals surface area contributed by atoms with E-state index in [9.17, 15) is 17.8 Å². The summed E-state index contributed by atoms with van der Waals surface area (Å²) in [5.41, 5.74) is -0.437. The molecule has 0 rings (SSSR count). The molecule has 0 radical (unpaired) electrons. The first-order valence-corrected chi connectivity index (χ1v) is 8.96. The number of esters is 1. The number of nitrogens with zero attached hydrogens (tertiary/aromatic N) is 1. The zero-order valence-electron chi connectivity index (χ0n) is 13.8. The van der Waals surface area contributed by atoms with E-state index in [0.29, 0.717) is 30.6 Å². The molecule has 0 aromatic rings. The van der Waals surface area contributed by atoms with Gasteiger partial charge in [0.1, 0.15) is 13.2 Å². The standard InChI is InChI=1S/C14H29NO5S/c1-6-14(3,7-2)13(16)20-11-10-15(4,5)9-8-12-21(17,18)19/h6-12H2,1-5H3. The van der Waals surface area contributed by atoms with Gasteiger partial charge in [0, 0.05) is 12.2 Å². The van der Waals surface area contributed by atoms with Crippen LogP contribution in [0, 0.1) is 5.41 Å². The quantitative estimate of drug-likeness (QED) is 0.344. The van der Waals surface area contributed by atoms with Crippen LogP contribution in [0.4, 0.5) is 0 Å². The number of rotatable bonds is 10. The van der Waals surface area contributed by atoms with Gasteiger partial charge < -0.3 is 13.8 Å². The zero-order valence-corrected chi connectivity index (χ0v) is 14.7. The third kappa shape index (κ3) is 8.38. The van der Waals surface area contributed by atoms with Gasteiger partial charge in [-0.3, -0.25) is 4.79 Å². The van der Waals surface area contributed by atoms with Crippen LogP contribution in [0.25, 0.3) is 0 Å². The second kappa shape index (κ2) is 8.10. The summed E-state index contributed by atoms with van der Waals surface area (Å²) in [6.07, 6.45) is 1.79. The Morgan fingerprint density at radius 3 is 2.14 bits per heavy atom. The van der Waals surface area contributed by atoms with Crippen molar-refractivity contribution in [1.82, 2.24) is 0 Å². The lowest BCUT2D eigenvalue weighted by molar-refractivity contribution is -0.890. The average Bonchev–Trinajstić information content (AvgIpc) is 2.35. The van der Waals surface area contributed by atoms with Crippen LogP contribution in [0.5, 0.6) is 0 Å². The third-order valence-electron chi connectivity index (χ3n) is 4.14. The maximum absolute atomic E-state index is 12.0. The van der Waals surface area contributed by atoms with Crippen LogP contribution in [0.3, 0.4) is 0 Å². The summed E-state index contributed by atoms with van der Waals surface area (Å²) in [5, 5.41) is 0. The minimum atomic E-state index is -4.15. The van der Waals surface area contributed by atoms with Crippen LogP contribution in [0.2, 0.25) is 0 Å². The first-order chi connectivity index (χ1) is 9.46. The van der Waals surface area contributed by atoms with Crippen molar-refractivity contribution in [3.8, 4) is 0 Å². The summed E-state index contributed by atoms with van der Waals surface area (Å²) in [6, 6.07) is 0. The fraction of sp³-hybridized carbons (Fsp3) is 0.929. The molecule has 0 aliphatic heterocycles. The van der Waals surface area contributed by atoms with Crippen molar-refractivity contribution >= 4 is 16.1 Å². The molecule has 0 bridgehead atoms. The highest BCUT2D eigenvalue weighted by Gasteiger charge is 2.31. The van der Waals surface area contributed by atoms with Crippen molar-refractivity contribution in [2.45, 2.75) is 40.0 Å². The topological polar surface area (TPSA) is 83.5 Å². The Balaban J connectivity index is 4.18. The molecule has 0 aliphatic carbocycles. The molecule has 0 atom stereocenters. The van der Waals surface area contributed by atoms with Crippen molar-refractivity contribution in [2.75, 3.05) is 39.5 Å². The molecule has 0 amide bonds. The van der Waals surface area contributed by atoms with Crippen molar-refractivity contribution in [1.29, 1.82) is 0 Å². The van der Waals surface area contributed by atoms with Gasteiger partial charge >= 0.3 is 5.97 Å². The molecule has 0 saturated heterocycles. The highest BCUT2D eigenvalue weighted by molar-refractivity contribution is 7.85. The number of quaternary nitrogens is 1. The van der Waals surface area contributed by atoms with E-state index in [2.05, 4.69) is 0 Å². The van der Waals surface area contributed by atoms with Crippen molar-refractivity contribution < 1.29 is 27.0 Å². The summed E-state index contributed by atoms with van der Waals surface area (Å²) in [5.74, 6) is -0.535. The molecule has 6 nitrogen and oxygen atoms in total. The number of ether oxygens (including phenoxy) is 1. The summed E-state index contributed by atoms with van der Waals surface area (Å²) in [6.45, 7) is 7.27. The minimum absolute atomic E-state index is 0.186. The van der Waals surface area contributed by atoms with Gasteiger partial charge in [0.05, 0.1) is 36.2 Å². The van der Waals surface area contributed by atoms with Crippen LogP contribution in [-0.4, -0.2) is 63.0 Å². The lowest BCUT2D eigenvalue weighted by Gasteiger charge is -2.31. The molecule has 0 aromatic heterocycles. The fourth-order valence-electron chi connectivity index (χ4n) is 1.88. The van der Waals surface area contributed by atoms with E-state index in [0.717, 1.165) is 12.8 Å². The molecular weight excluding hydrogens is 294 g/mol. The number of likely N-dealkylation sites (N-methyl/N-ethyl adjacent to an activating group) is 1. The number of carbonyl (C=O) groups excluding carboxylic acids is 1. The molecule has 126 valence electrons. The van der Waals surface area contributed by atoms with E-state index >= 15 is 0 Å². The maximum atomic E-state index is 12.0. The predicted molar refractivity (Wildman–Crippen MR) is 80.7 cm³/mol. The summed E-state index contributed by atoms with van der Waals surface area (Å²) >= 11 is 0. The van der Waals surface area contributed by atoms with E-state index in [1.165, 1.54) is 0 Å². The fourth-order valence-corrected chi connectivity index (χ4v) is 2.36. The lowest BCUT2D eigenvalue weighted by Crippen LogP contribution is -2.44. The SMILES string of the molecule is CCC(C)(CC)C(=O)OCC[N+](C)(C)CCCS(=O)(=O)[O-]. The highest BCUT2D eigenvalue weighted by atomic mass is 32.2. The smallest absolute Gasteiger partial charge is 0.311 e. The first kappa shape index (κ1) is 20.3. The number of hydrogen-bond acceptors (Lipinski definition) is 5. The van der Waals surface area contributed by atoms with Crippen LogP contribution >= 0.6 is 0 Å². The van der Waals surface area contributed by atoms with Gasteiger partial charge in [-0.1, -0.05) is 13.8 Å². The van der Waals surface area contributed by atoms with Gasteiger partial charge in [0.25, 0.3) is 0 Å². The zero-order chi connectivity index (χ0) is 16.7. The van der Waals surface area contributed by atoms with E-state index in [4.69, 9.17) is 4.74 Å². The first-order valence-electron chi connectivity index (χ1n) is 7.38. The van der Waals surface area contributed by atoms with E-state index in [1.807, 2.05) is 34.9 Å². The van der Waals surface area contributed by atoms with Gasteiger partial charge in [0.15, 0.2) is 0 Å². The molecular formula is C14H29NO5S. The van der Waals surface area contributed by atoms with Crippen LogP contribution < -0.4 is 0 Å². The van der Waals surface area contributed by atoms with Gasteiger partial charge in [0.2, 0.25) is 0 Å². The second-order valence-corrected chi connectivity index (χ2v) is 7.93. The maximum Gasteiger partial charge on any atom is 0.311 e. The van der Waals surface area contributed by atoms with Gasteiger partial charge in [-0.2, -0.15) is 0 Å². The average molecular weight is 323 g/mol. The summed E-state index contributed by atoms with van der Waals surface area (Å²) in [4.78, 5) is 12.0. The van der Waals surface area contributed by atoms with Crippen LogP contribution in [-0.2, 0) is 19.6 Å². The van der Waals surface area contributed by atoms with Crippen molar-refractivity contribution in [3.63, 3.8) is 0 Å². The van der Waals surface area contributed by atoms with Gasteiger partial charge in [-0.25, -0.2) is 8.42 Å². The van der Waals surface area contributed by atoms with E-state index in [1.54, 1.807) is 0 Å². The molecule has 0 saturated carbocycles. The Morgan fingerprint density at radius 1 is 1.19 bits per heavy atom. The molecule has 21 heavy (non-hydrogen) atoms. The number of carbonyl (C=O) groups is 1. The Bertz CT molecular complexity index is 427. The Kier molecular flexibility index (Phi) is 7.84. The largest absolute Gasteiger partial charge is 0.748 e. The Hall–Kier alpha value is -0.660. The molecule has 0 N–H and O–H groups in total. The third-order valence-corrected chi connectivity index (χ3v) is 4.93. The second-order valence-electron chi connectivity index (χ2n) is 6.40. The molecule has 0 aliphatic rings. The highest BCUT2D eigenvalue weighted by Crippen LogP contribution is 2.26. The van der Waals surface area contributed by atoms with Crippen LogP contribution in [0.15, 0.2) is 0 Å². The Morgan fingerprint density at radius 2 is 1.71 bits per heavy atom. The molecule has 0 fully saturated rings. The molecule has 7 heteroatoms. The molecule has 0 aromatic carbocycles. The monoisotopic (exact) mass is 323 g/mol. The minimum Gasteiger partial charge on any atom is -0.748 e. The van der Waals surface area contributed by atoms with Crippen molar-refractivity contribution in [3.05, 3.63) is 0 Å². The molecule has 0 spiro atoms.